The van der Waals surface area contributed by atoms with Crippen LogP contribution in [0.4, 0.5) is 5.69 Å². The largest absolute Gasteiger partial charge is 0.465 e. The molecule has 2 amide bonds. The smallest absolute Gasteiger partial charge is 0.270 e. The van der Waals surface area contributed by atoms with Gasteiger partial charge in [-0.05, 0) is 60.8 Å². The summed E-state index contributed by atoms with van der Waals surface area (Å²) in [5.74, 6) is -0.435. The molecule has 1 aromatic carbocycles. The van der Waals surface area contributed by atoms with Crippen LogP contribution in [0.15, 0.2) is 64.8 Å². The van der Waals surface area contributed by atoms with E-state index in [-0.39, 0.29) is 10.7 Å². The predicted molar refractivity (Wildman–Crippen MR) is 95.5 cm³/mol. The van der Waals surface area contributed by atoms with Gasteiger partial charge in [0, 0.05) is 5.02 Å². The Bertz CT molecular complexity index is 854. The first kappa shape index (κ1) is 16.2. The van der Waals surface area contributed by atoms with E-state index in [1.807, 2.05) is 0 Å². The maximum Gasteiger partial charge on any atom is 0.270 e. The van der Waals surface area contributed by atoms with Crippen LogP contribution in [0.1, 0.15) is 5.76 Å². The van der Waals surface area contributed by atoms with Crippen molar-refractivity contribution in [3.63, 3.8) is 0 Å². The maximum atomic E-state index is 12.6. The van der Waals surface area contributed by atoms with Crippen LogP contribution >= 0.6 is 23.8 Å². The number of carbonyl (C=O) groups excluding carboxylic acids is 2. The van der Waals surface area contributed by atoms with Crippen LogP contribution in [0.2, 0.25) is 5.02 Å². The minimum absolute atomic E-state index is 0.0265. The van der Waals surface area contributed by atoms with Crippen LogP contribution in [0.5, 0.6) is 0 Å². The van der Waals surface area contributed by atoms with Gasteiger partial charge in [0.25, 0.3) is 11.8 Å². The monoisotopic (exact) mass is 358 g/mol. The number of allylic oxidation sites excluding steroid dienone is 2. The van der Waals surface area contributed by atoms with E-state index in [1.165, 1.54) is 17.2 Å². The van der Waals surface area contributed by atoms with Gasteiger partial charge in [0.2, 0.25) is 0 Å². The lowest BCUT2D eigenvalue weighted by molar-refractivity contribution is -0.122. The molecule has 0 saturated carbocycles. The zero-order chi connectivity index (χ0) is 17.1. The average molecular weight is 359 g/mol. The van der Waals surface area contributed by atoms with E-state index >= 15 is 0 Å². The Kier molecular flexibility index (Phi) is 4.59. The Morgan fingerprint density at radius 1 is 1.17 bits per heavy atom. The van der Waals surface area contributed by atoms with Crippen molar-refractivity contribution < 1.29 is 14.0 Å². The third-order valence-electron chi connectivity index (χ3n) is 3.25. The molecule has 1 aromatic heterocycles. The molecule has 1 fully saturated rings. The van der Waals surface area contributed by atoms with Gasteiger partial charge in [0.15, 0.2) is 5.11 Å². The van der Waals surface area contributed by atoms with Crippen LogP contribution in [-0.2, 0) is 9.59 Å². The van der Waals surface area contributed by atoms with Gasteiger partial charge >= 0.3 is 0 Å². The summed E-state index contributed by atoms with van der Waals surface area (Å²) in [6, 6.07) is 10.1. The Hall–Kier alpha value is -2.70. The standard InChI is InChI=1S/C17H11ClN2O3S/c18-11-6-8-12(9-7-11)20-16(22)14(15(21)19-17(20)24)5-1-3-13-4-2-10-23-13/h1-10H,(H,19,21,24)/b3-1+,14-5+. The number of benzene rings is 1. The molecule has 2 aromatic rings. The first-order valence-electron chi connectivity index (χ1n) is 6.93. The van der Waals surface area contributed by atoms with Crippen molar-refractivity contribution in [3.8, 4) is 0 Å². The van der Waals surface area contributed by atoms with Crippen LogP contribution in [0.3, 0.4) is 0 Å². The van der Waals surface area contributed by atoms with Crippen LogP contribution in [0.25, 0.3) is 6.08 Å². The van der Waals surface area contributed by atoms with Gasteiger partial charge in [-0.2, -0.15) is 0 Å². The number of rotatable bonds is 3. The quantitative estimate of drug-likeness (QED) is 0.519. The van der Waals surface area contributed by atoms with E-state index in [0.717, 1.165) is 0 Å². The zero-order valence-electron chi connectivity index (χ0n) is 12.2. The van der Waals surface area contributed by atoms with Crippen LogP contribution < -0.4 is 10.2 Å². The van der Waals surface area contributed by atoms with Crippen molar-refractivity contribution in [1.29, 1.82) is 0 Å². The van der Waals surface area contributed by atoms with Crippen molar-refractivity contribution in [2.45, 2.75) is 0 Å². The van der Waals surface area contributed by atoms with Gasteiger partial charge in [-0.25, -0.2) is 0 Å². The second kappa shape index (κ2) is 6.82. The van der Waals surface area contributed by atoms with E-state index in [4.69, 9.17) is 28.2 Å². The van der Waals surface area contributed by atoms with Crippen molar-refractivity contribution in [1.82, 2.24) is 5.32 Å². The van der Waals surface area contributed by atoms with E-state index in [9.17, 15) is 9.59 Å². The third-order valence-corrected chi connectivity index (χ3v) is 3.79. The number of hydrogen-bond donors (Lipinski definition) is 1. The van der Waals surface area contributed by atoms with Crippen LogP contribution in [0, 0.1) is 0 Å². The highest BCUT2D eigenvalue weighted by Gasteiger charge is 2.33. The Morgan fingerprint density at radius 3 is 2.58 bits per heavy atom. The molecular formula is C17H11ClN2O3S. The van der Waals surface area contributed by atoms with Gasteiger partial charge in [-0.3, -0.25) is 19.8 Å². The molecule has 120 valence electrons. The molecule has 0 spiro atoms. The average Bonchev–Trinajstić information content (AvgIpc) is 3.05. The van der Waals surface area contributed by atoms with Crippen molar-refractivity contribution in [2.75, 3.05) is 4.90 Å². The molecule has 5 nitrogen and oxygen atoms in total. The van der Waals surface area contributed by atoms with E-state index in [0.29, 0.717) is 16.5 Å². The van der Waals surface area contributed by atoms with Crippen molar-refractivity contribution in [3.05, 3.63) is 71.2 Å². The number of hydrogen-bond acceptors (Lipinski definition) is 4. The lowest BCUT2D eigenvalue weighted by atomic mass is 10.1. The molecule has 0 radical (unpaired) electrons. The van der Waals surface area contributed by atoms with Crippen LogP contribution in [-0.4, -0.2) is 16.9 Å². The van der Waals surface area contributed by atoms with E-state index in [1.54, 1.807) is 48.6 Å². The minimum atomic E-state index is -0.542. The summed E-state index contributed by atoms with van der Waals surface area (Å²) in [7, 11) is 0. The van der Waals surface area contributed by atoms with Gasteiger partial charge in [-0.1, -0.05) is 17.7 Å². The highest BCUT2D eigenvalue weighted by atomic mass is 35.5. The summed E-state index contributed by atoms with van der Waals surface area (Å²) in [4.78, 5) is 25.9. The Balaban J connectivity index is 1.89. The number of anilines is 1. The fraction of sp³-hybridized carbons (Fsp3) is 0. The molecule has 1 saturated heterocycles. The normalized spacial score (nSPS) is 17.0. The summed E-state index contributed by atoms with van der Waals surface area (Å²) in [6.07, 6.45) is 6.17. The summed E-state index contributed by atoms with van der Waals surface area (Å²) in [5.41, 5.74) is 0.497. The first-order chi connectivity index (χ1) is 11.6. The van der Waals surface area contributed by atoms with Crippen molar-refractivity contribution >= 4 is 52.5 Å². The molecule has 3 rings (SSSR count). The number of carbonyl (C=O) groups is 2. The number of halogens is 1. The molecule has 1 aliphatic rings. The highest BCUT2D eigenvalue weighted by Crippen LogP contribution is 2.22. The summed E-state index contributed by atoms with van der Waals surface area (Å²) in [6.45, 7) is 0. The molecule has 1 aliphatic heterocycles. The van der Waals surface area contributed by atoms with Gasteiger partial charge in [0.1, 0.15) is 11.3 Å². The fourth-order valence-electron chi connectivity index (χ4n) is 2.13. The molecule has 0 unspecified atom stereocenters. The SMILES string of the molecule is O=C1NC(=S)N(c2ccc(Cl)cc2)C(=O)/C1=C/C=C/c1ccco1. The molecule has 1 N–H and O–H groups in total. The highest BCUT2D eigenvalue weighted by molar-refractivity contribution is 7.80. The topological polar surface area (TPSA) is 62.6 Å². The number of nitrogens with one attached hydrogen (secondary N) is 1. The van der Waals surface area contributed by atoms with Gasteiger partial charge < -0.3 is 4.42 Å². The summed E-state index contributed by atoms with van der Waals surface area (Å²) < 4.78 is 5.15. The third kappa shape index (κ3) is 3.29. The predicted octanol–water partition coefficient (Wildman–Crippen LogP) is 3.32. The molecule has 0 atom stereocenters. The van der Waals surface area contributed by atoms with E-state index in [2.05, 4.69) is 5.32 Å². The molecular weight excluding hydrogens is 348 g/mol. The van der Waals surface area contributed by atoms with E-state index < -0.39 is 11.8 Å². The molecule has 2 heterocycles. The Morgan fingerprint density at radius 2 is 1.92 bits per heavy atom. The number of nitrogens with zero attached hydrogens (tertiary/aromatic N) is 1. The summed E-state index contributed by atoms with van der Waals surface area (Å²) >= 11 is 11.0. The number of thiocarbonyl (C=S) groups is 1. The number of amides is 2. The second-order valence-corrected chi connectivity index (χ2v) is 5.65. The first-order valence-corrected chi connectivity index (χ1v) is 7.72. The molecule has 0 bridgehead atoms. The van der Waals surface area contributed by atoms with Gasteiger partial charge in [0.05, 0.1) is 12.0 Å². The molecule has 0 aliphatic carbocycles. The Labute approximate surface area is 148 Å². The lowest BCUT2D eigenvalue weighted by Crippen LogP contribution is -2.54. The molecule has 24 heavy (non-hydrogen) atoms. The molecule has 7 heteroatoms. The van der Waals surface area contributed by atoms with Gasteiger partial charge in [-0.15, -0.1) is 0 Å². The van der Waals surface area contributed by atoms with Crippen molar-refractivity contribution in [2.24, 2.45) is 0 Å². The minimum Gasteiger partial charge on any atom is -0.465 e. The summed E-state index contributed by atoms with van der Waals surface area (Å²) in [5, 5.41) is 3.07. The zero-order valence-corrected chi connectivity index (χ0v) is 13.8. The fourth-order valence-corrected chi connectivity index (χ4v) is 2.53. The maximum absolute atomic E-state index is 12.6. The number of furan rings is 1. The second-order valence-electron chi connectivity index (χ2n) is 4.83. The lowest BCUT2D eigenvalue weighted by Gasteiger charge is -2.28.